The molecule has 0 amide bonds. The van der Waals surface area contributed by atoms with Crippen molar-refractivity contribution in [3.8, 4) is 0 Å². The van der Waals surface area contributed by atoms with Crippen LogP contribution < -0.4 is 5.73 Å². The summed E-state index contributed by atoms with van der Waals surface area (Å²) in [6.07, 6.45) is 1.17. The van der Waals surface area contributed by atoms with Crippen molar-refractivity contribution < 1.29 is 10.2 Å². The van der Waals surface area contributed by atoms with Crippen LogP contribution in [0.1, 0.15) is 19.3 Å². The second-order valence-corrected chi connectivity index (χ2v) is 2.65. The summed E-state index contributed by atoms with van der Waals surface area (Å²) in [4.78, 5) is 0. The van der Waals surface area contributed by atoms with Crippen LogP contribution in [-0.2, 0) is 0 Å². The van der Waals surface area contributed by atoms with E-state index in [1.807, 2.05) is 0 Å². The van der Waals surface area contributed by atoms with Gasteiger partial charge in [-0.3, -0.25) is 0 Å². The topological polar surface area (TPSA) is 66.5 Å². The fourth-order valence-electron chi connectivity index (χ4n) is 1.19. The first-order valence-electron chi connectivity index (χ1n) is 3.33. The molecule has 1 aliphatic carbocycles. The van der Waals surface area contributed by atoms with Crippen LogP contribution in [0.3, 0.4) is 0 Å². The first-order valence-corrected chi connectivity index (χ1v) is 3.33. The number of aliphatic hydroxyl groups excluding tert-OH is 2. The van der Waals surface area contributed by atoms with E-state index in [1.165, 1.54) is 0 Å². The van der Waals surface area contributed by atoms with Crippen molar-refractivity contribution in [2.75, 3.05) is 0 Å². The van der Waals surface area contributed by atoms with Gasteiger partial charge in [-0.15, -0.1) is 12.4 Å². The summed E-state index contributed by atoms with van der Waals surface area (Å²) in [5.74, 6) is 0. The number of hydrogen-bond acceptors (Lipinski definition) is 3. The third-order valence-electron chi connectivity index (χ3n) is 1.87. The predicted molar refractivity (Wildman–Crippen MR) is 41.1 cm³/mol. The lowest BCUT2D eigenvalue weighted by Gasteiger charge is -2.28. The highest BCUT2D eigenvalue weighted by atomic mass is 35.5. The molecule has 0 aromatic heterocycles. The maximum Gasteiger partial charge on any atom is 0.0949 e. The molecule has 3 atom stereocenters. The smallest absolute Gasteiger partial charge is 0.0949 e. The summed E-state index contributed by atoms with van der Waals surface area (Å²) in [6, 6.07) is -0.214. The van der Waals surface area contributed by atoms with Crippen LogP contribution in [0.25, 0.3) is 0 Å². The lowest BCUT2D eigenvalue weighted by molar-refractivity contribution is -0.0205. The molecule has 62 valence electrons. The zero-order valence-electron chi connectivity index (χ0n) is 5.73. The van der Waals surface area contributed by atoms with Gasteiger partial charge in [-0.25, -0.2) is 0 Å². The van der Waals surface area contributed by atoms with Crippen molar-refractivity contribution in [3.63, 3.8) is 0 Å². The van der Waals surface area contributed by atoms with Crippen molar-refractivity contribution in [2.24, 2.45) is 5.73 Å². The Morgan fingerprint density at radius 2 is 1.80 bits per heavy atom. The van der Waals surface area contributed by atoms with E-state index >= 15 is 0 Å². The molecule has 0 saturated heterocycles. The Morgan fingerprint density at radius 3 is 2.20 bits per heavy atom. The second kappa shape index (κ2) is 4.13. The zero-order valence-corrected chi connectivity index (χ0v) is 6.55. The van der Waals surface area contributed by atoms with Crippen LogP contribution in [0.15, 0.2) is 0 Å². The maximum atomic E-state index is 9.07. The number of rotatable bonds is 0. The molecule has 0 aliphatic heterocycles. The van der Waals surface area contributed by atoms with Crippen LogP contribution in [0.2, 0.25) is 0 Å². The first kappa shape index (κ1) is 10.2. The molecule has 1 aliphatic rings. The van der Waals surface area contributed by atoms with E-state index in [0.717, 1.165) is 12.8 Å². The summed E-state index contributed by atoms with van der Waals surface area (Å²) in [5.41, 5.74) is 5.46. The molecule has 0 heterocycles. The molecule has 3 unspecified atom stereocenters. The Hall–Kier alpha value is 0.170. The SMILES string of the molecule is Cl.NC1CCCC(O)C1O. The van der Waals surface area contributed by atoms with Crippen LogP contribution in [0, 0.1) is 0 Å². The Kier molecular flexibility index (Phi) is 4.20. The molecule has 4 heteroatoms. The Morgan fingerprint density at radius 1 is 1.20 bits per heavy atom. The Bertz CT molecular complexity index is 91.7. The van der Waals surface area contributed by atoms with Gasteiger partial charge in [-0.1, -0.05) is 0 Å². The van der Waals surface area contributed by atoms with Crippen LogP contribution in [0.4, 0.5) is 0 Å². The average molecular weight is 168 g/mol. The third kappa shape index (κ3) is 2.09. The molecular formula is C6H14ClNO2. The molecule has 0 aromatic carbocycles. The fourth-order valence-corrected chi connectivity index (χ4v) is 1.19. The monoisotopic (exact) mass is 167 g/mol. The van der Waals surface area contributed by atoms with Gasteiger partial charge in [0.15, 0.2) is 0 Å². The van der Waals surface area contributed by atoms with E-state index < -0.39 is 12.2 Å². The largest absolute Gasteiger partial charge is 0.390 e. The highest BCUT2D eigenvalue weighted by molar-refractivity contribution is 5.85. The van der Waals surface area contributed by atoms with Crippen molar-refractivity contribution in [1.29, 1.82) is 0 Å². The van der Waals surface area contributed by atoms with E-state index in [1.54, 1.807) is 0 Å². The molecule has 0 bridgehead atoms. The molecule has 4 N–H and O–H groups in total. The summed E-state index contributed by atoms with van der Waals surface area (Å²) in [5, 5.41) is 18.1. The molecule has 0 aromatic rings. The van der Waals surface area contributed by atoms with Gasteiger partial charge in [0.1, 0.15) is 0 Å². The molecule has 3 nitrogen and oxygen atoms in total. The highest BCUT2D eigenvalue weighted by Crippen LogP contribution is 2.16. The first-order chi connectivity index (χ1) is 4.22. The molecule has 10 heavy (non-hydrogen) atoms. The van der Waals surface area contributed by atoms with Crippen molar-refractivity contribution >= 4 is 12.4 Å². The Balaban J connectivity index is 0.000000810. The third-order valence-corrected chi connectivity index (χ3v) is 1.87. The van der Waals surface area contributed by atoms with Gasteiger partial charge in [0.2, 0.25) is 0 Å². The summed E-state index contributed by atoms with van der Waals surface area (Å²) < 4.78 is 0. The van der Waals surface area contributed by atoms with Crippen LogP contribution in [-0.4, -0.2) is 28.5 Å². The van der Waals surface area contributed by atoms with E-state index in [-0.39, 0.29) is 18.4 Å². The summed E-state index contributed by atoms with van der Waals surface area (Å²) >= 11 is 0. The number of nitrogens with two attached hydrogens (primary N) is 1. The van der Waals surface area contributed by atoms with Crippen molar-refractivity contribution in [2.45, 2.75) is 37.5 Å². The second-order valence-electron chi connectivity index (χ2n) is 2.65. The molecular weight excluding hydrogens is 154 g/mol. The Labute approximate surface area is 66.6 Å². The number of hydrogen-bond donors (Lipinski definition) is 3. The predicted octanol–water partition coefficient (Wildman–Crippen LogP) is -0.359. The van der Waals surface area contributed by atoms with E-state index in [9.17, 15) is 0 Å². The van der Waals surface area contributed by atoms with Crippen molar-refractivity contribution in [3.05, 3.63) is 0 Å². The van der Waals surface area contributed by atoms with Gasteiger partial charge in [0, 0.05) is 6.04 Å². The van der Waals surface area contributed by atoms with E-state index in [4.69, 9.17) is 15.9 Å². The quantitative estimate of drug-likeness (QED) is 0.462. The van der Waals surface area contributed by atoms with Gasteiger partial charge in [0.25, 0.3) is 0 Å². The van der Waals surface area contributed by atoms with Gasteiger partial charge in [-0.2, -0.15) is 0 Å². The maximum absolute atomic E-state index is 9.07. The van der Waals surface area contributed by atoms with Crippen molar-refractivity contribution in [1.82, 2.24) is 0 Å². The minimum Gasteiger partial charge on any atom is -0.390 e. The fraction of sp³-hybridized carbons (Fsp3) is 1.00. The number of aliphatic hydroxyl groups is 2. The minimum atomic E-state index is -0.696. The van der Waals surface area contributed by atoms with E-state index in [2.05, 4.69) is 0 Å². The van der Waals surface area contributed by atoms with Gasteiger partial charge in [-0.05, 0) is 19.3 Å². The summed E-state index contributed by atoms with van der Waals surface area (Å²) in [6.45, 7) is 0. The molecule has 1 rings (SSSR count). The molecule has 0 spiro atoms. The normalized spacial score (nSPS) is 40.5. The molecule has 1 fully saturated rings. The lowest BCUT2D eigenvalue weighted by Crippen LogP contribution is -2.46. The van der Waals surface area contributed by atoms with Gasteiger partial charge < -0.3 is 15.9 Å². The van der Waals surface area contributed by atoms with Gasteiger partial charge in [0.05, 0.1) is 12.2 Å². The average Bonchev–Trinajstić information content (AvgIpc) is 1.83. The molecule has 0 radical (unpaired) electrons. The lowest BCUT2D eigenvalue weighted by atomic mass is 9.91. The summed E-state index contributed by atoms with van der Waals surface area (Å²) in [7, 11) is 0. The van der Waals surface area contributed by atoms with Crippen LogP contribution >= 0.6 is 12.4 Å². The van der Waals surface area contributed by atoms with Gasteiger partial charge >= 0.3 is 0 Å². The minimum absolute atomic E-state index is 0. The van der Waals surface area contributed by atoms with Crippen LogP contribution in [0.5, 0.6) is 0 Å². The zero-order chi connectivity index (χ0) is 6.85. The number of halogens is 1. The van der Waals surface area contributed by atoms with E-state index in [0.29, 0.717) is 6.42 Å². The standard InChI is InChI=1S/C6H13NO2.ClH/c7-4-2-1-3-5(8)6(4)9;/h4-6,8-9H,1-3,7H2;1H. The molecule has 1 saturated carbocycles. The highest BCUT2D eigenvalue weighted by Gasteiger charge is 2.26.